The van der Waals surface area contributed by atoms with E-state index in [-0.39, 0.29) is 0 Å². The summed E-state index contributed by atoms with van der Waals surface area (Å²) in [5, 5.41) is 16.4. The third-order valence-corrected chi connectivity index (χ3v) is 8.37. The minimum absolute atomic E-state index is 0.354. The lowest BCUT2D eigenvalue weighted by Crippen LogP contribution is -2.45. The summed E-state index contributed by atoms with van der Waals surface area (Å²) in [5.41, 5.74) is 5.42. The van der Waals surface area contributed by atoms with E-state index < -0.39 is 0 Å². The zero-order valence-electron chi connectivity index (χ0n) is 21.1. The van der Waals surface area contributed by atoms with Crippen LogP contribution in [0.2, 0.25) is 0 Å². The minimum Gasteiger partial charge on any atom is -0.366 e. The Balaban J connectivity index is 1.18. The highest BCUT2D eigenvalue weighted by molar-refractivity contribution is 5.93. The summed E-state index contributed by atoms with van der Waals surface area (Å²) in [6.07, 6.45) is 15.5. The molecular formula is C29H29N9. The fourth-order valence-corrected chi connectivity index (χ4v) is 5.92. The molecule has 2 aliphatic carbocycles. The van der Waals surface area contributed by atoms with E-state index in [9.17, 15) is 0 Å². The van der Waals surface area contributed by atoms with Gasteiger partial charge in [0.2, 0.25) is 0 Å². The lowest BCUT2D eigenvalue weighted by molar-refractivity contribution is 0.322. The Morgan fingerprint density at radius 2 is 1.95 bits per heavy atom. The number of rotatable bonds is 6. The van der Waals surface area contributed by atoms with Crippen LogP contribution in [0.4, 0.5) is 17.3 Å². The molecule has 0 amide bonds. The minimum atomic E-state index is 0.354. The molecule has 1 unspecified atom stereocenters. The highest BCUT2D eigenvalue weighted by Gasteiger charge is 2.50. The molecule has 38 heavy (non-hydrogen) atoms. The Morgan fingerprint density at radius 1 is 1.00 bits per heavy atom. The van der Waals surface area contributed by atoms with Crippen LogP contribution in [0.25, 0.3) is 27.8 Å². The molecule has 5 aromatic heterocycles. The largest absolute Gasteiger partial charge is 0.366 e. The molecule has 3 aliphatic rings. The first-order valence-electron chi connectivity index (χ1n) is 13.5. The fourth-order valence-electron chi connectivity index (χ4n) is 5.92. The van der Waals surface area contributed by atoms with Gasteiger partial charge in [-0.2, -0.15) is 5.10 Å². The standard InChI is InChI=1S/C29H29N9/c1-2-18(1)22-15-31-16-23-26(22)28(36-24-5-9-30-17-29(24)7-8-29)37-27(35-23)19-3-10-32-25(13-19)34-20-6-12-38-21(14-20)4-11-33-38/h3-4,6,10-16,18,24,30H,1-2,5,7-9,17H2,(H,32,34)(H,35,36,37). The molecule has 8 rings (SSSR count). The molecule has 9 heteroatoms. The van der Waals surface area contributed by atoms with Crippen LogP contribution in [0.1, 0.15) is 43.6 Å². The average Bonchev–Trinajstić information content (AvgIpc) is 3.88. The van der Waals surface area contributed by atoms with Gasteiger partial charge in [-0.15, -0.1) is 0 Å². The van der Waals surface area contributed by atoms with Gasteiger partial charge < -0.3 is 16.0 Å². The van der Waals surface area contributed by atoms with Crippen LogP contribution < -0.4 is 16.0 Å². The van der Waals surface area contributed by atoms with Crippen LogP contribution in [0.5, 0.6) is 0 Å². The van der Waals surface area contributed by atoms with Crippen LogP contribution in [0, 0.1) is 5.41 Å². The van der Waals surface area contributed by atoms with Gasteiger partial charge in [0.1, 0.15) is 11.6 Å². The van der Waals surface area contributed by atoms with Gasteiger partial charge in [0.15, 0.2) is 5.82 Å². The maximum atomic E-state index is 5.17. The molecule has 3 N–H and O–H groups in total. The van der Waals surface area contributed by atoms with E-state index in [0.29, 0.717) is 23.2 Å². The molecule has 1 saturated heterocycles. The van der Waals surface area contributed by atoms with E-state index >= 15 is 0 Å². The van der Waals surface area contributed by atoms with E-state index in [1.54, 1.807) is 12.4 Å². The smallest absolute Gasteiger partial charge is 0.162 e. The van der Waals surface area contributed by atoms with Crippen LogP contribution >= 0.6 is 0 Å². The normalized spacial score (nSPS) is 20.2. The highest BCUT2D eigenvalue weighted by atomic mass is 15.2. The van der Waals surface area contributed by atoms with Crippen molar-refractivity contribution in [3.63, 3.8) is 0 Å². The number of fused-ring (bicyclic) bond motifs is 2. The summed E-state index contributed by atoms with van der Waals surface area (Å²) in [4.78, 5) is 19.3. The Bertz CT molecular complexity index is 1670. The summed E-state index contributed by atoms with van der Waals surface area (Å²) in [7, 11) is 0. The predicted octanol–water partition coefficient (Wildman–Crippen LogP) is 4.91. The molecule has 5 aromatic rings. The first-order chi connectivity index (χ1) is 18.7. The molecule has 3 fully saturated rings. The van der Waals surface area contributed by atoms with Crippen LogP contribution in [-0.4, -0.2) is 48.7 Å². The molecule has 9 nitrogen and oxygen atoms in total. The quantitative estimate of drug-likeness (QED) is 0.300. The maximum absolute atomic E-state index is 5.17. The number of pyridine rings is 3. The highest BCUT2D eigenvalue weighted by Crippen LogP contribution is 2.52. The van der Waals surface area contributed by atoms with Crippen molar-refractivity contribution in [3.8, 4) is 11.4 Å². The Morgan fingerprint density at radius 3 is 2.84 bits per heavy atom. The van der Waals surface area contributed by atoms with Gasteiger partial charge in [-0.3, -0.25) is 4.98 Å². The van der Waals surface area contributed by atoms with Crippen molar-refractivity contribution in [3.05, 3.63) is 66.9 Å². The van der Waals surface area contributed by atoms with Gasteiger partial charge >= 0.3 is 0 Å². The van der Waals surface area contributed by atoms with Gasteiger partial charge in [-0.05, 0) is 80.5 Å². The summed E-state index contributed by atoms with van der Waals surface area (Å²) in [6, 6.07) is 10.4. The SMILES string of the molecule is c1cc(-c2nc(NC3CCNCC34CC4)c3c(C4CC4)cncc3n2)cc(Nc2ccn3nccc3c2)n1. The van der Waals surface area contributed by atoms with Gasteiger partial charge in [0.25, 0.3) is 0 Å². The molecule has 1 spiro atoms. The van der Waals surface area contributed by atoms with Gasteiger partial charge in [-0.1, -0.05) is 0 Å². The summed E-state index contributed by atoms with van der Waals surface area (Å²) in [5.74, 6) is 2.94. The summed E-state index contributed by atoms with van der Waals surface area (Å²) in [6.45, 7) is 2.12. The fraction of sp³-hybridized carbons (Fsp3) is 0.345. The van der Waals surface area contributed by atoms with Crippen molar-refractivity contribution in [1.29, 1.82) is 0 Å². The average molecular weight is 504 g/mol. The number of hydrogen-bond acceptors (Lipinski definition) is 8. The zero-order valence-corrected chi connectivity index (χ0v) is 21.1. The summed E-state index contributed by atoms with van der Waals surface area (Å²) < 4.78 is 1.84. The summed E-state index contributed by atoms with van der Waals surface area (Å²) >= 11 is 0. The van der Waals surface area contributed by atoms with Crippen LogP contribution in [0.3, 0.4) is 0 Å². The van der Waals surface area contributed by atoms with E-state index in [4.69, 9.17) is 9.97 Å². The van der Waals surface area contributed by atoms with Crippen molar-refractivity contribution in [2.45, 2.75) is 44.1 Å². The lowest BCUT2D eigenvalue weighted by Gasteiger charge is -2.34. The van der Waals surface area contributed by atoms with Crippen LogP contribution in [0.15, 0.2) is 61.3 Å². The monoisotopic (exact) mass is 503 g/mol. The number of nitrogens with zero attached hydrogens (tertiary/aromatic N) is 6. The number of piperidine rings is 1. The van der Waals surface area contributed by atoms with Crippen molar-refractivity contribution < 1.29 is 0 Å². The number of nitrogens with one attached hydrogen (secondary N) is 3. The first kappa shape index (κ1) is 21.9. The molecule has 6 heterocycles. The molecule has 2 saturated carbocycles. The number of aromatic nitrogens is 6. The predicted molar refractivity (Wildman–Crippen MR) is 148 cm³/mol. The van der Waals surface area contributed by atoms with E-state index in [1.165, 1.54) is 31.2 Å². The molecule has 1 aliphatic heterocycles. The molecule has 1 atom stereocenters. The Hall–Kier alpha value is -4.11. The lowest BCUT2D eigenvalue weighted by atomic mass is 9.90. The van der Waals surface area contributed by atoms with Gasteiger partial charge in [0, 0.05) is 59.4 Å². The second-order valence-electron chi connectivity index (χ2n) is 11.0. The van der Waals surface area contributed by atoms with Gasteiger partial charge in [-0.25, -0.2) is 19.5 Å². The molecular weight excluding hydrogens is 474 g/mol. The third-order valence-electron chi connectivity index (χ3n) is 8.37. The van der Waals surface area contributed by atoms with Crippen LogP contribution in [-0.2, 0) is 0 Å². The second kappa shape index (κ2) is 8.46. The first-order valence-corrected chi connectivity index (χ1v) is 13.5. The van der Waals surface area contributed by atoms with E-state index in [1.807, 2.05) is 53.4 Å². The zero-order chi connectivity index (χ0) is 25.1. The van der Waals surface area contributed by atoms with Crippen molar-refractivity contribution in [2.75, 3.05) is 23.7 Å². The molecule has 0 aromatic carbocycles. The van der Waals surface area contributed by atoms with Gasteiger partial charge in [0.05, 0.1) is 17.2 Å². The van der Waals surface area contributed by atoms with E-state index in [2.05, 4.69) is 31.0 Å². The maximum Gasteiger partial charge on any atom is 0.162 e. The third kappa shape index (κ3) is 3.85. The second-order valence-corrected chi connectivity index (χ2v) is 11.0. The number of hydrogen-bond donors (Lipinski definition) is 3. The molecule has 190 valence electrons. The molecule has 0 radical (unpaired) electrons. The van der Waals surface area contributed by atoms with Crippen molar-refractivity contribution >= 4 is 33.7 Å². The Kier molecular flexibility index (Phi) is 4.88. The Labute approximate surface area is 220 Å². The molecule has 0 bridgehead atoms. The topological polar surface area (TPSA) is 105 Å². The van der Waals surface area contributed by atoms with Crippen molar-refractivity contribution in [2.24, 2.45) is 5.41 Å². The number of anilines is 3. The van der Waals surface area contributed by atoms with E-state index in [0.717, 1.165) is 58.8 Å². The van der Waals surface area contributed by atoms with Crippen molar-refractivity contribution in [1.82, 2.24) is 34.9 Å².